The maximum atomic E-state index is 10.5. The Morgan fingerprint density at radius 1 is 1.54 bits per heavy atom. The van der Waals surface area contributed by atoms with E-state index in [-0.39, 0.29) is 5.57 Å². The van der Waals surface area contributed by atoms with Crippen LogP contribution >= 0.6 is 0 Å². The van der Waals surface area contributed by atoms with Gasteiger partial charge in [0.15, 0.2) is 0 Å². The van der Waals surface area contributed by atoms with E-state index in [1.165, 1.54) is 0 Å². The van der Waals surface area contributed by atoms with Gasteiger partial charge in [0.1, 0.15) is 0 Å². The minimum Gasteiger partial charge on any atom is -0.478 e. The van der Waals surface area contributed by atoms with E-state index in [0.717, 1.165) is 26.3 Å². The van der Waals surface area contributed by atoms with Crippen LogP contribution in [0.15, 0.2) is 12.2 Å². The third-order valence-electron chi connectivity index (χ3n) is 2.65. The second-order valence-electron chi connectivity index (χ2n) is 4.05. The predicted molar refractivity (Wildman–Crippen MR) is 46.5 cm³/mol. The van der Waals surface area contributed by atoms with Crippen molar-refractivity contribution in [2.45, 2.75) is 0 Å². The molecule has 0 aliphatic carbocycles. The Morgan fingerprint density at radius 3 is 2.54 bits per heavy atom. The Morgan fingerprint density at radius 2 is 2.15 bits per heavy atom. The van der Waals surface area contributed by atoms with Gasteiger partial charge in [0.2, 0.25) is 0 Å². The molecule has 0 unspecified atom stereocenters. The summed E-state index contributed by atoms with van der Waals surface area (Å²) in [5, 5.41) is 8.60. The van der Waals surface area contributed by atoms with Crippen LogP contribution in [0.25, 0.3) is 0 Å². The molecular formula is C9H13NO3. The number of likely N-dealkylation sites (tertiary alicyclic amines) is 1. The van der Waals surface area contributed by atoms with E-state index >= 15 is 0 Å². The fourth-order valence-electron chi connectivity index (χ4n) is 1.93. The average Bonchev–Trinajstić information content (AvgIpc) is 1.90. The molecule has 0 bridgehead atoms. The van der Waals surface area contributed by atoms with Crippen LogP contribution in [0, 0.1) is 5.41 Å². The highest BCUT2D eigenvalue weighted by atomic mass is 16.5. The molecule has 2 aliphatic heterocycles. The molecule has 0 aromatic heterocycles. The maximum absolute atomic E-state index is 10.5. The van der Waals surface area contributed by atoms with Crippen LogP contribution in [0.2, 0.25) is 0 Å². The minimum atomic E-state index is -0.897. The Hall–Kier alpha value is -0.870. The first-order valence-electron chi connectivity index (χ1n) is 4.33. The van der Waals surface area contributed by atoms with Gasteiger partial charge < -0.3 is 9.84 Å². The zero-order chi connectivity index (χ0) is 9.47. The molecule has 0 amide bonds. The summed E-state index contributed by atoms with van der Waals surface area (Å²) in [6.07, 6.45) is 0. The summed E-state index contributed by atoms with van der Waals surface area (Å²) in [6, 6.07) is 0. The second kappa shape index (κ2) is 2.82. The summed E-state index contributed by atoms with van der Waals surface area (Å²) in [7, 11) is 0. The van der Waals surface area contributed by atoms with Crippen molar-refractivity contribution in [1.82, 2.24) is 4.90 Å². The monoisotopic (exact) mass is 183 g/mol. The van der Waals surface area contributed by atoms with Gasteiger partial charge in [0.25, 0.3) is 0 Å². The Bertz CT molecular complexity index is 250. The van der Waals surface area contributed by atoms with Crippen molar-refractivity contribution in [2.24, 2.45) is 5.41 Å². The molecule has 2 fully saturated rings. The first kappa shape index (κ1) is 8.72. The lowest BCUT2D eigenvalue weighted by Crippen LogP contribution is -2.66. The molecule has 0 aromatic rings. The van der Waals surface area contributed by atoms with Crippen LogP contribution in [-0.4, -0.2) is 48.8 Å². The molecule has 2 rings (SSSR count). The topological polar surface area (TPSA) is 49.8 Å². The summed E-state index contributed by atoms with van der Waals surface area (Å²) >= 11 is 0. The van der Waals surface area contributed by atoms with E-state index in [2.05, 4.69) is 11.5 Å². The van der Waals surface area contributed by atoms with Crippen LogP contribution in [0.1, 0.15) is 0 Å². The second-order valence-corrected chi connectivity index (χ2v) is 4.05. The van der Waals surface area contributed by atoms with Crippen LogP contribution in [0.5, 0.6) is 0 Å². The molecular weight excluding hydrogens is 170 g/mol. The molecule has 0 aromatic carbocycles. The van der Waals surface area contributed by atoms with Crippen molar-refractivity contribution >= 4 is 5.97 Å². The van der Waals surface area contributed by atoms with Crippen molar-refractivity contribution in [3.63, 3.8) is 0 Å². The molecule has 72 valence electrons. The van der Waals surface area contributed by atoms with Gasteiger partial charge in [-0.05, 0) is 0 Å². The lowest BCUT2D eigenvalue weighted by molar-refractivity contribution is -0.187. The standard InChI is InChI=1S/C9H13NO3/c1-7(8(11)12)2-10-3-9(4-10)5-13-6-9/h1-6H2,(H,11,12). The number of carboxylic acids is 1. The highest BCUT2D eigenvalue weighted by Gasteiger charge is 2.48. The quantitative estimate of drug-likeness (QED) is 0.624. The molecule has 0 radical (unpaired) electrons. The number of aliphatic carboxylic acids is 1. The van der Waals surface area contributed by atoms with Crippen LogP contribution in [0.3, 0.4) is 0 Å². The SMILES string of the molecule is C=C(CN1CC2(COC2)C1)C(=O)O. The van der Waals surface area contributed by atoms with Gasteiger partial charge in [0.05, 0.1) is 13.2 Å². The number of carbonyl (C=O) groups is 1. The number of hydrogen-bond donors (Lipinski definition) is 1. The molecule has 2 aliphatic rings. The Labute approximate surface area is 76.8 Å². The first-order chi connectivity index (χ1) is 6.11. The summed E-state index contributed by atoms with van der Waals surface area (Å²) in [5.74, 6) is -0.897. The highest BCUT2D eigenvalue weighted by molar-refractivity contribution is 5.86. The van der Waals surface area contributed by atoms with Crippen molar-refractivity contribution in [2.75, 3.05) is 32.8 Å². The summed E-state index contributed by atoms with van der Waals surface area (Å²) in [6.45, 7) is 7.57. The number of hydrogen-bond acceptors (Lipinski definition) is 3. The van der Waals surface area contributed by atoms with Gasteiger partial charge in [-0.3, -0.25) is 4.90 Å². The zero-order valence-electron chi connectivity index (χ0n) is 7.45. The third kappa shape index (κ3) is 1.47. The lowest BCUT2D eigenvalue weighted by atomic mass is 9.78. The van der Waals surface area contributed by atoms with Crippen LogP contribution < -0.4 is 0 Å². The van der Waals surface area contributed by atoms with Gasteiger partial charge in [-0.15, -0.1) is 0 Å². The largest absolute Gasteiger partial charge is 0.478 e. The number of carboxylic acid groups (broad SMARTS) is 1. The van der Waals surface area contributed by atoms with E-state index in [0.29, 0.717) is 12.0 Å². The summed E-state index contributed by atoms with van der Waals surface area (Å²) in [4.78, 5) is 12.6. The van der Waals surface area contributed by atoms with E-state index in [9.17, 15) is 4.79 Å². The van der Waals surface area contributed by atoms with Gasteiger partial charge in [-0.2, -0.15) is 0 Å². The molecule has 4 heteroatoms. The van der Waals surface area contributed by atoms with E-state index in [1.807, 2.05) is 0 Å². The van der Waals surface area contributed by atoms with Gasteiger partial charge >= 0.3 is 5.97 Å². The number of rotatable bonds is 3. The number of nitrogens with zero attached hydrogens (tertiary/aromatic N) is 1. The molecule has 2 saturated heterocycles. The Kier molecular flexibility index (Phi) is 1.89. The van der Waals surface area contributed by atoms with Crippen LogP contribution in [0.4, 0.5) is 0 Å². The summed E-state index contributed by atoms with van der Waals surface area (Å²) in [5.41, 5.74) is 0.633. The molecule has 1 spiro atoms. The van der Waals surface area contributed by atoms with Gasteiger partial charge in [0, 0.05) is 30.6 Å². The molecule has 0 saturated carbocycles. The van der Waals surface area contributed by atoms with Crippen molar-refractivity contribution < 1.29 is 14.6 Å². The maximum Gasteiger partial charge on any atom is 0.332 e. The van der Waals surface area contributed by atoms with E-state index in [1.54, 1.807) is 0 Å². The van der Waals surface area contributed by atoms with E-state index < -0.39 is 5.97 Å². The normalized spacial score (nSPS) is 24.9. The Balaban J connectivity index is 1.75. The summed E-state index contributed by atoms with van der Waals surface area (Å²) < 4.78 is 5.12. The zero-order valence-corrected chi connectivity index (χ0v) is 7.45. The van der Waals surface area contributed by atoms with Crippen molar-refractivity contribution in [1.29, 1.82) is 0 Å². The van der Waals surface area contributed by atoms with Gasteiger partial charge in [-0.1, -0.05) is 6.58 Å². The van der Waals surface area contributed by atoms with Crippen LogP contribution in [-0.2, 0) is 9.53 Å². The molecule has 1 N–H and O–H groups in total. The smallest absolute Gasteiger partial charge is 0.332 e. The third-order valence-corrected chi connectivity index (χ3v) is 2.65. The average molecular weight is 183 g/mol. The first-order valence-corrected chi connectivity index (χ1v) is 4.33. The molecule has 2 heterocycles. The molecule has 0 atom stereocenters. The van der Waals surface area contributed by atoms with Crippen molar-refractivity contribution in [3.8, 4) is 0 Å². The van der Waals surface area contributed by atoms with Gasteiger partial charge in [-0.25, -0.2) is 4.79 Å². The van der Waals surface area contributed by atoms with E-state index in [4.69, 9.17) is 9.84 Å². The molecule has 13 heavy (non-hydrogen) atoms. The highest BCUT2D eigenvalue weighted by Crippen LogP contribution is 2.37. The molecule has 4 nitrogen and oxygen atoms in total. The predicted octanol–water partition coefficient (Wildman–Crippen LogP) is -0.0406. The fraction of sp³-hybridized carbons (Fsp3) is 0.667. The number of ether oxygens (including phenoxy) is 1. The fourth-order valence-corrected chi connectivity index (χ4v) is 1.93. The minimum absolute atomic E-state index is 0.273. The lowest BCUT2D eigenvalue weighted by Gasteiger charge is -2.55. The van der Waals surface area contributed by atoms with Crippen molar-refractivity contribution in [3.05, 3.63) is 12.2 Å².